The highest BCUT2D eigenvalue weighted by atomic mass is 35.5. The highest BCUT2D eigenvalue weighted by Crippen LogP contribution is 2.75. The average molecular weight is 327 g/mol. The molecule has 0 atom stereocenters. The van der Waals surface area contributed by atoms with E-state index in [1.807, 2.05) is 6.07 Å². The predicted octanol–water partition coefficient (Wildman–Crippen LogP) is 5.23. The average Bonchev–Trinajstić information content (AvgIpc) is 2.37. The van der Waals surface area contributed by atoms with Crippen LogP contribution in [0, 0.1) is 16.7 Å². The van der Waals surface area contributed by atoms with Gasteiger partial charge in [0.25, 0.3) is 0 Å². The second-order valence-corrected chi connectivity index (χ2v) is 8.76. The lowest BCUT2D eigenvalue weighted by Gasteiger charge is -2.70. The summed E-state index contributed by atoms with van der Waals surface area (Å²) in [5.41, 5.74) is 0.607. The monoisotopic (exact) mass is 326 g/mol. The Balaban J connectivity index is 1.43. The molecule has 6 rings (SSSR count). The molecule has 4 heteroatoms. The molecule has 1 nitrogen and oxygen atoms in total. The molecule has 0 heterocycles. The van der Waals surface area contributed by atoms with Gasteiger partial charge in [-0.1, -0.05) is 23.2 Å². The minimum atomic E-state index is 0.0270. The summed E-state index contributed by atoms with van der Waals surface area (Å²) in [6.45, 7) is 0. The van der Waals surface area contributed by atoms with Gasteiger partial charge in [0.2, 0.25) is 0 Å². The summed E-state index contributed by atoms with van der Waals surface area (Å²) in [6.07, 6.45) is 6.21. The van der Waals surface area contributed by atoms with Gasteiger partial charge >= 0.3 is 0 Å². The molecule has 0 saturated heterocycles. The fourth-order valence-electron chi connectivity index (χ4n) is 4.87. The fourth-order valence-corrected chi connectivity index (χ4v) is 6.40. The Hall–Kier alpha value is -0.180. The lowest BCUT2D eigenvalue weighted by atomic mass is 9.33. The van der Waals surface area contributed by atoms with Gasteiger partial charge < -0.3 is 0 Å². The number of hydrogen-bond acceptors (Lipinski definition) is 2. The van der Waals surface area contributed by atoms with Crippen molar-refractivity contribution in [3.8, 4) is 0 Å². The lowest BCUT2D eigenvalue weighted by molar-refractivity contribution is -0.206. The zero-order valence-corrected chi connectivity index (χ0v) is 13.5. The smallest absolute Gasteiger partial charge is 0.149 e. The molecular formula is C16H16Cl2OS. The third-order valence-electron chi connectivity index (χ3n) is 5.39. The van der Waals surface area contributed by atoms with Crippen LogP contribution >= 0.6 is 35.0 Å². The second kappa shape index (κ2) is 4.41. The molecule has 20 heavy (non-hydrogen) atoms. The Morgan fingerprint density at radius 1 is 1.25 bits per heavy atom. The number of ketones is 1. The topological polar surface area (TPSA) is 17.1 Å². The summed E-state index contributed by atoms with van der Waals surface area (Å²) in [5, 5.41) is 1.35. The van der Waals surface area contributed by atoms with Crippen molar-refractivity contribution in [3.05, 3.63) is 28.2 Å². The van der Waals surface area contributed by atoms with Crippen LogP contribution in [-0.2, 0) is 4.79 Å². The van der Waals surface area contributed by atoms with Crippen molar-refractivity contribution < 1.29 is 4.79 Å². The van der Waals surface area contributed by atoms with Crippen LogP contribution in [0.15, 0.2) is 23.1 Å². The molecule has 106 valence electrons. The van der Waals surface area contributed by atoms with Gasteiger partial charge in [0, 0.05) is 15.3 Å². The number of Topliss-reactive ketones (excluding diaryl/α,β-unsaturated/α-hetero) is 1. The summed E-state index contributed by atoms with van der Waals surface area (Å²) < 4.78 is 0. The van der Waals surface area contributed by atoms with Gasteiger partial charge in [-0.15, -0.1) is 11.8 Å². The first-order valence-electron chi connectivity index (χ1n) is 7.12. The summed E-state index contributed by atoms with van der Waals surface area (Å²) in [4.78, 5) is 13.5. The zero-order chi connectivity index (χ0) is 14.0. The third-order valence-corrected chi connectivity index (χ3v) is 7.13. The van der Waals surface area contributed by atoms with Crippen LogP contribution in [0.2, 0.25) is 10.0 Å². The molecule has 0 aliphatic heterocycles. The quantitative estimate of drug-likeness (QED) is 0.704. The highest BCUT2D eigenvalue weighted by Gasteiger charge is 2.68. The molecule has 5 saturated carbocycles. The van der Waals surface area contributed by atoms with E-state index in [0.29, 0.717) is 27.0 Å². The Labute approximate surface area is 133 Å². The molecule has 5 aliphatic rings. The van der Waals surface area contributed by atoms with Crippen molar-refractivity contribution >= 4 is 40.7 Å². The molecule has 0 radical (unpaired) electrons. The van der Waals surface area contributed by atoms with Gasteiger partial charge in [-0.05, 0) is 61.6 Å². The SMILES string of the molecule is O=C(CSc1cc(Cl)ccc1Cl)C12CC3CC(C3)(C1)C2. The first-order valence-corrected chi connectivity index (χ1v) is 8.86. The van der Waals surface area contributed by atoms with E-state index < -0.39 is 0 Å². The van der Waals surface area contributed by atoms with Crippen LogP contribution < -0.4 is 0 Å². The largest absolute Gasteiger partial charge is 0.298 e. The van der Waals surface area contributed by atoms with Crippen LogP contribution in [0.5, 0.6) is 0 Å². The standard InChI is InChI=1S/C16H16Cl2OS/c17-11-1-2-12(18)13(3-11)20-7-14(19)16-6-10-4-15(5-10,8-16)9-16/h1-3,10H,4-9H2. The molecule has 0 aromatic heterocycles. The predicted molar refractivity (Wildman–Crippen MR) is 83.6 cm³/mol. The van der Waals surface area contributed by atoms with E-state index >= 15 is 0 Å². The van der Waals surface area contributed by atoms with Crippen molar-refractivity contribution in [2.45, 2.75) is 37.0 Å². The summed E-state index contributed by atoms with van der Waals surface area (Å²) in [7, 11) is 0. The van der Waals surface area contributed by atoms with E-state index in [1.165, 1.54) is 24.6 Å². The lowest BCUT2D eigenvalue weighted by Crippen LogP contribution is -2.64. The molecule has 1 aromatic carbocycles. The highest BCUT2D eigenvalue weighted by molar-refractivity contribution is 8.00. The molecule has 5 aliphatic carbocycles. The van der Waals surface area contributed by atoms with E-state index in [0.717, 1.165) is 30.1 Å². The number of carbonyl (C=O) groups is 1. The maximum atomic E-state index is 12.6. The van der Waals surface area contributed by atoms with E-state index in [1.54, 1.807) is 12.1 Å². The van der Waals surface area contributed by atoms with Crippen LogP contribution in [0.4, 0.5) is 0 Å². The molecule has 1 spiro atoms. The van der Waals surface area contributed by atoms with Crippen LogP contribution in [0.25, 0.3) is 0 Å². The van der Waals surface area contributed by atoms with Gasteiger partial charge in [0.05, 0.1) is 10.8 Å². The van der Waals surface area contributed by atoms with Crippen molar-refractivity contribution in [2.75, 3.05) is 5.75 Å². The summed E-state index contributed by atoms with van der Waals surface area (Å²) >= 11 is 13.7. The van der Waals surface area contributed by atoms with Crippen molar-refractivity contribution in [1.29, 1.82) is 0 Å². The van der Waals surface area contributed by atoms with Gasteiger partial charge in [0.15, 0.2) is 0 Å². The molecule has 0 N–H and O–H groups in total. The third kappa shape index (κ3) is 1.95. The van der Waals surface area contributed by atoms with Gasteiger partial charge in [-0.25, -0.2) is 0 Å². The van der Waals surface area contributed by atoms with E-state index in [9.17, 15) is 4.79 Å². The minimum absolute atomic E-state index is 0.0270. The Kier molecular flexibility index (Phi) is 2.97. The zero-order valence-electron chi connectivity index (χ0n) is 11.1. The second-order valence-electron chi connectivity index (χ2n) is 6.90. The van der Waals surface area contributed by atoms with E-state index in [4.69, 9.17) is 23.2 Å². The number of halogens is 2. The Morgan fingerprint density at radius 2 is 2.00 bits per heavy atom. The van der Waals surface area contributed by atoms with Crippen molar-refractivity contribution in [3.63, 3.8) is 0 Å². The number of benzene rings is 1. The Bertz CT molecular complexity index is 579. The van der Waals surface area contributed by atoms with Gasteiger partial charge in [-0.2, -0.15) is 0 Å². The van der Waals surface area contributed by atoms with Crippen molar-refractivity contribution in [2.24, 2.45) is 16.7 Å². The fraction of sp³-hybridized carbons (Fsp3) is 0.562. The molecule has 0 amide bonds. The Morgan fingerprint density at radius 3 is 2.65 bits per heavy atom. The molecule has 3 bridgehead atoms. The minimum Gasteiger partial charge on any atom is -0.298 e. The first kappa shape index (κ1) is 13.5. The summed E-state index contributed by atoms with van der Waals surface area (Å²) in [6, 6.07) is 5.42. The van der Waals surface area contributed by atoms with Gasteiger partial charge in [0.1, 0.15) is 5.78 Å². The van der Waals surface area contributed by atoms with Gasteiger partial charge in [-0.3, -0.25) is 4.79 Å². The number of thioether (sulfide) groups is 1. The summed E-state index contributed by atoms with van der Waals surface area (Å²) in [5.74, 6) is 1.79. The van der Waals surface area contributed by atoms with Crippen LogP contribution in [0.3, 0.4) is 0 Å². The number of hydrogen-bond donors (Lipinski definition) is 0. The van der Waals surface area contributed by atoms with Crippen LogP contribution in [-0.4, -0.2) is 11.5 Å². The van der Waals surface area contributed by atoms with Crippen LogP contribution in [0.1, 0.15) is 32.1 Å². The number of carbonyl (C=O) groups excluding carboxylic acids is 1. The van der Waals surface area contributed by atoms with E-state index in [-0.39, 0.29) is 5.41 Å². The number of rotatable bonds is 4. The van der Waals surface area contributed by atoms with Crippen molar-refractivity contribution in [1.82, 2.24) is 0 Å². The molecule has 5 fully saturated rings. The maximum Gasteiger partial charge on any atom is 0.149 e. The first-order chi connectivity index (χ1) is 9.50. The van der Waals surface area contributed by atoms with E-state index in [2.05, 4.69) is 0 Å². The molecular weight excluding hydrogens is 311 g/mol. The maximum absolute atomic E-state index is 12.6. The molecule has 1 aromatic rings. The molecule has 0 unspecified atom stereocenters. The normalized spacial score (nSPS) is 37.0.